The molecule has 5 heteroatoms. The summed E-state index contributed by atoms with van der Waals surface area (Å²) in [6.07, 6.45) is 6.67. The average molecular weight is 409 g/mol. The number of rotatable bonds is 3. The summed E-state index contributed by atoms with van der Waals surface area (Å²) in [5, 5.41) is 2.87. The molecule has 0 spiro atoms. The molecule has 0 saturated carbocycles. The van der Waals surface area contributed by atoms with Crippen LogP contribution in [0.2, 0.25) is 5.02 Å². The van der Waals surface area contributed by atoms with Gasteiger partial charge in [-0.2, -0.15) is 0 Å². The van der Waals surface area contributed by atoms with Crippen molar-refractivity contribution >= 4 is 55.7 Å². The number of aromatic nitrogens is 1. The number of aliphatic imine (C=N–C) groups is 1. The van der Waals surface area contributed by atoms with Crippen molar-refractivity contribution in [2.75, 3.05) is 0 Å². The molecule has 4 aromatic rings. The molecule has 0 saturated heterocycles. The Balaban J connectivity index is 1.65. The van der Waals surface area contributed by atoms with Crippen LogP contribution in [0.25, 0.3) is 20.8 Å². The van der Waals surface area contributed by atoms with Gasteiger partial charge in [0.05, 0.1) is 15.8 Å². The summed E-state index contributed by atoms with van der Waals surface area (Å²) in [7, 11) is 0. The van der Waals surface area contributed by atoms with Gasteiger partial charge in [-0.25, -0.2) is 9.98 Å². The highest BCUT2D eigenvalue weighted by molar-refractivity contribution is 7.22. The van der Waals surface area contributed by atoms with E-state index in [-0.39, 0.29) is 0 Å². The molecule has 134 valence electrons. The van der Waals surface area contributed by atoms with E-state index in [9.17, 15) is 0 Å². The van der Waals surface area contributed by atoms with Crippen molar-refractivity contribution < 1.29 is 0 Å². The fourth-order valence-corrected chi connectivity index (χ4v) is 6.07. The minimum absolute atomic E-state index is 0.726. The second kappa shape index (κ2) is 7.19. The molecule has 0 N–H and O–H groups in total. The molecule has 0 unspecified atom stereocenters. The fraction of sp³-hybridized carbons (Fsp3) is 0.182. The third-order valence-electron chi connectivity index (χ3n) is 4.89. The lowest BCUT2D eigenvalue weighted by atomic mass is 9.96. The van der Waals surface area contributed by atoms with Crippen LogP contribution in [0.3, 0.4) is 0 Å². The number of nitrogens with zero attached hydrogens (tertiary/aromatic N) is 2. The molecule has 0 fully saturated rings. The van der Waals surface area contributed by atoms with Crippen molar-refractivity contribution in [2.24, 2.45) is 4.99 Å². The zero-order chi connectivity index (χ0) is 18.2. The molecule has 1 aliphatic carbocycles. The maximum atomic E-state index is 6.30. The molecule has 2 heterocycles. The normalized spacial score (nSPS) is 14.1. The highest BCUT2D eigenvalue weighted by Crippen LogP contribution is 2.47. The number of halogens is 1. The van der Waals surface area contributed by atoms with Gasteiger partial charge in [0.15, 0.2) is 0 Å². The first-order chi connectivity index (χ1) is 13.3. The largest absolute Gasteiger partial charge is 0.245 e. The Morgan fingerprint density at radius 1 is 0.963 bits per heavy atom. The maximum Gasteiger partial charge on any atom is 0.127 e. The Morgan fingerprint density at radius 2 is 1.78 bits per heavy atom. The van der Waals surface area contributed by atoms with Gasteiger partial charge in [-0.05, 0) is 49.4 Å². The van der Waals surface area contributed by atoms with Crippen LogP contribution in [-0.2, 0) is 12.8 Å². The second-order valence-electron chi connectivity index (χ2n) is 6.66. The number of para-hydroxylation sites is 1. The summed E-state index contributed by atoms with van der Waals surface area (Å²) in [6.45, 7) is 0. The first kappa shape index (κ1) is 17.1. The van der Waals surface area contributed by atoms with E-state index in [0.717, 1.165) is 39.0 Å². The predicted molar refractivity (Wildman–Crippen MR) is 118 cm³/mol. The zero-order valence-electron chi connectivity index (χ0n) is 14.6. The van der Waals surface area contributed by atoms with E-state index in [0.29, 0.717) is 0 Å². The molecular weight excluding hydrogens is 392 g/mol. The van der Waals surface area contributed by atoms with Crippen molar-refractivity contribution in [1.29, 1.82) is 0 Å². The van der Waals surface area contributed by atoms with Crippen molar-refractivity contribution in [2.45, 2.75) is 25.7 Å². The lowest BCUT2D eigenvalue weighted by Gasteiger charge is -2.11. The van der Waals surface area contributed by atoms with Crippen LogP contribution in [0.1, 0.15) is 28.8 Å². The third-order valence-corrected chi connectivity index (χ3v) is 7.48. The summed E-state index contributed by atoms with van der Waals surface area (Å²) in [5.41, 5.74) is 4.70. The number of thiazole rings is 1. The fourth-order valence-electron chi connectivity index (χ4n) is 3.55. The Kier molecular flexibility index (Phi) is 4.56. The first-order valence-corrected chi connectivity index (χ1v) is 11.1. The Labute approximate surface area is 171 Å². The van der Waals surface area contributed by atoms with Gasteiger partial charge in [0.2, 0.25) is 0 Å². The summed E-state index contributed by atoms with van der Waals surface area (Å²) >= 11 is 9.88. The Morgan fingerprint density at radius 3 is 2.67 bits per heavy atom. The molecule has 0 bridgehead atoms. The SMILES string of the molecule is Clc1ccccc1/C=N/c1sc2c(c1-c1nc3ccccc3s1)CCCC2. The van der Waals surface area contributed by atoms with Gasteiger partial charge in [-0.15, -0.1) is 22.7 Å². The number of hydrogen-bond donors (Lipinski definition) is 0. The monoisotopic (exact) mass is 408 g/mol. The van der Waals surface area contributed by atoms with Gasteiger partial charge in [-0.1, -0.05) is 41.9 Å². The number of benzene rings is 2. The highest BCUT2D eigenvalue weighted by atomic mass is 35.5. The summed E-state index contributed by atoms with van der Waals surface area (Å²) in [4.78, 5) is 11.3. The van der Waals surface area contributed by atoms with Crippen LogP contribution < -0.4 is 0 Å². The van der Waals surface area contributed by atoms with E-state index in [1.54, 1.807) is 11.3 Å². The van der Waals surface area contributed by atoms with E-state index in [1.165, 1.54) is 33.5 Å². The number of fused-ring (bicyclic) bond motifs is 2. The van der Waals surface area contributed by atoms with Gasteiger partial charge in [0, 0.05) is 21.7 Å². The van der Waals surface area contributed by atoms with Crippen LogP contribution in [-0.4, -0.2) is 11.2 Å². The van der Waals surface area contributed by atoms with Gasteiger partial charge >= 0.3 is 0 Å². The standard InChI is InChI=1S/C22H17ClN2S2/c23-16-9-3-1-7-14(16)13-24-21-20(15-8-2-5-11-18(15)26-21)22-25-17-10-4-6-12-19(17)27-22/h1,3-4,6-7,9-10,12-13H,2,5,8,11H2/b24-13+. The van der Waals surface area contributed by atoms with Crippen molar-refractivity contribution in [3.8, 4) is 10.6 Å². The molecule has 2 aromatic carbocycles. The molecule has 2 aromatic heterocycles. The van der Waals surface area contributed by atoms with E-state index >= 15 is 0 Å². The minimum atomic E-state index is 0.726. The maximum absolute atomic E-state index is 6.30. The summed E-state index contributed by atoms with van der Waals surface area (Å²) in [6, 6.07) is 16.2. The van der Waals surface area contributed by atoms with Crippen LogP contribution in [0, 0.1) is 0 Å². The molecule has 5 rings (SSSR count). The highest BCUT2D eigenvalue weighted by Gasteiger charge is 2.23. The zero-order valence-corrected chi connectivity index (χ0v) is 17.0. The topological polar surface area (TPSA) is 25.2 Å². The minimum Gasteiger partial charge on any atom is -0.245 e. The Hall–Kier alpha value is -2.01. The molecular formula is C22H17ClN2S2. The molecule has 0 atom stereocenters. The summed E-state index contributed by atoms with van der Waals surface area (Å²) < 4.78 is 1.23. The van der Waals surface area contributed by atoms with E-state index in [4.69, 9.17) is 21.6 Å². The second-order valence-corrected chi connectivity index (χ2v) is 9.18. The van der Waals surface area contributed by atoms with Gasteiger partial charge in [0.25, 0.3) is 0 Å². The third kappa shape index (κ3) is 3.22. The molecule has 0 radical (unpaired) electrons. The smallest absolute Gasteiger partial charge is 0.127 e. The lowest BCUT2D eigenvalue weighted by molar-refractivity contribution is 0.698. The number of thiophene rings is 1. The lowest BCUT2D eigenvalue weighted by Crippen LogP contribution is -1.99. The van der Waals surface area contributed by atoms with Crippen molar-refractivity contribution in [3.63, 3.8) is 0 Å². The van der Waals surface area contributed by atoms with E-state index < -0.39 is 0 Å². The van der Waals surface area contributed by atoms with Gasteiger partial charge in [-0.3, -0.25) is 0 Å². The molecule has 1 aliphatic rings. The van der Waals surface area contributed by atoms with E-state index in [1.807, 2.05) is 47.9 Å². The molecule has 27 heavy (non-hydrogen) atoms. The first-order valence-electron chi connectivity index (χ1n) is 9.08. The van der Waals surface area contributed by atoms with Crippen LogP contribution >= 0.6 is 34.3 Å². The van der Waals surface area contributed by atoms with E-state index in [2.05, 4.69) is 18.2 Å². The predicted octanol–water partition coefficient (Wildman–Crippen LogP) is 7.31. The number of hydrogen-bond acceptors (Lipinski definition) is 4. The van der Waals surface area contributed by atoms with Crippen LogP contribution in [0.15, 0.2) is 53.5 Å². The van der Waals surface area contributed by atoms with Crippen LogP contribution in [0.4, 0.5) is 5.00 Å². The molecule has 0 amide bonds. The Bertz CT molecular complexity index is 1120. The van der Waals surface area contributed by atoms with Crippen molar-refractivity contribution in [3.05, 3.63) is 69.6 Å². The molecule has 0 aliphatic heterocycles. The summed E-state index contributed by atoms with van der Waals surface area (Å²) in [5.74, 6) is 0. The molecule has 2 nitrogen and oxygen atoms in total. The van der Waals surface area contributed by atoms with Gasteiger partial charge < -0.3 is 0 Å². The van der Waals surface area contributed by atoms with Crippen molar-refractivity contribution in [1.82, 2.24) is 4.98 Å². The van der Waals surface area contributed by atoms with Gasteiger partial charge in [0.1, 0.15) is 10.0 Å². The quantitative estimate of drug-likeness (QED) is 0.326. The average Bonchev–Trinajstić information content (AvgIpc) is 3.27. The number of aryl methyl sites for hydroxylation is 1. The van der Waals surface area contributed by atoms with Crippen LogP contribution in [0.5, 0.6) is 0 Å².